The number of nitrogens with one attached hydrogen (secondary N) is 1. The Kier molecular flexibility index (Phi) is 5.20. The van der Waals surface area contributed by atoms with Crippen molar-refractivity contribution < 1.29 is 18.0 Å². The van der Waals surface area contributed by atoms with Crippen molar-refractivity contribution in [1.29, 1.82) is 0 Å². The van der Waals surface area contributed by atoms with Crippen molar-refractivity contribution in [2.24, 2.45) is 5.92 Å². The van der Waals surface area contributed by atoms with Crippen molar-refractivity contribution in [1.82, 2.24) is 0 Å². The van der Waals surface area contributed by atoms with Crippen LogP contribution in [0.4, 0.5) is 24.5 Å². The molecule has 1 aliphatic heterocycles. The van der Waals surface area contributed by atoms with Crippen LogP contribution in [0.2, 0.25) is 0 Å². The quantitative estimate of drug-likeness (QED) is 0.845. The van der Waals surface area contributed by atoms with Crippen molar-refractivity contribution in [3.8, 4) is 0 Å². The molecule has 1 aliphatic rings. The Labute approximate surface area is 150 Å². The van der Waals surface area contributed by atoms with Crippen LogP contribution >= 0.6 is 0 Å². The molecule has 0 unspecified atom stereocenters. The van der Waals surface area contributed by atoms with Crippen LogP contribution in [0.5, 0.6) is 0 Å². The lowest BCUT2D eigenvalue weighted by Gasteiger charge is -2.33. The van der Waals surface area contributed by atoms with Gasteiger partial charge in [-0.15, -0.1) is 0 Å². The first-order valence-electron chi connectivity index (χ1n) is 8.63. The van der Waals surface area contributed by atoms with Gasteiger partial charge in [-0.1, -0.05) is 17.7 Å². The van der Waals surface area contributed by atoms with Gasteiger partial charge in [-0.3, -0.25) is 4.79 Å². The molecule has 3 rings (SSSR count). The number of benzene rings is 2. The van der Waals surface area contributed by atoms with E-state index in [0.29, 0.717) is 5.69 Å². The molecule has 1 fully saturated rings. The van der Waals surface area contributed by atoms with Crippen LogP contribution in [0.25, 0.3) is 0 Å². The molecule has 0 spiro atoms. The standard InChI is InChI=1S/C20H21F3N2O/c1-14-2-8-18(9-3-14)25-12-10-15(11-13-25)19(26)24-17-6-4-16(5-7-17)20(21,22)23/h2-9,15H,10-13H2,1H3,(H,24,26). The van der Waals surface area contributed by atoms with E-state index < -0.39 is 11.7 Å². The van der Waals surface area contributed by atoms with Crippen molar-refractivity contribution in [3.05, 3.63) is 59.7 Å². The highest BCUT2D eigenvalue weighted by molar-refractivity contribution is 5.92. The third-order valence-electron chi connectivity index (χ3n) is 4.74. The van der Waals surface area contributed by atoms with Crippen molar-refractivity contribution >= 4 is 17.3 Å². The number of carbonyl (C=O) groups excluding carboxylic acids is 1. The van der Waals surface area contributed by atoms with E-state index in [-0.39, 0.29) is 11.8 Å². The second-order valence-electron chi connectivity index (χ2n) is 6.66. The Hall–Kier alpha value is -2.50. The lowest BCUT2D eigenvalue weighted by Crippen LogP contribution is -2.38. The Balaban J connectivity index is 1.54. The van der Waals surface area contributed by atoms with Crippen LogP contribution < -0.4 is 10.2 Å². The molecule has 26 heavy (non-hydrogen) atoms. The van der Waals surface area contributed by atoms with Crippen molar-refractivity contribution in [2.45, 2.75) is 25.9 Å². The number of alkyl halides is 3. The van der Waals surface area contributed by atoms with E-state index in [1.165, 1.54) is 17.7 Å². The number of rotatable bonds is 3. The van der Waals surface area contributed by atoms with Gasteiger partial charge >= 0.3 is 6.18 Å². The Morgan fingerprint density at radius 2 is 1.58 bits per heavy atom. The lowest BCUT2D eigenvalue weighted by atomic mass is 9.95. The molecule has 6 heteroatoms. The lowest BCUT2D eigenvalue weighted by molar-refractivity contribution is -0.137. The SMILES string of the molecule is Cc1ccc(N2CCC(C(=O)Nc3ccc(C(F)(F)F)cc3)CC2)cc1. The van der Waals surface area contributed by atoms with Crippen molar-refractivity contribution in [3.63, 3.8) is 0 Å². The zero-order chi connectivity index (χ0) is 18.7. The third kappa shape index (κ3) is 4.36. The first-order valence-corrected chi connectivity index (χ1v) is 8.63. The Bertz CT molecular complexity index is 746. The summed E-state index contributed by atoms with van der Waals surface area (Å²) in [6.45, 7) is 3.61. The molecule has 0 radical (unpaired) electrons. The Morgan fingerprint density at radius 3 is 2.12 bits per heavy atom. The van der Waals surface area contributed by atoms with Gasteiger partial charge in [0.2, 0.25) is 5.91 Å². The summed E-state index contributed by atoms with van der Waals surface area (Å²) in [5.74, 6) is -0.257. The molecule has 1 saturated heterocycles. The summed E-state index contributed by atoms with van der Waals surface area (Å²) < 4.78 is 37.7. The van der Waals surface area contributed by atoms with Gasteiger partial charge in [0.05, 0.1) is 5.56 Å². The molecule has 3 nitrogen and oxygen atoms in total. The number of hydrogen-bond donors (Lipinski definition) is 1. The van der Waals surface area contributed by atoms with Gasteiger partial charge in [-0.25, -0.2) is 0 Å². The number of amides is 1. The number of halogens is 3. The highest BCUT2D eigenvalue weighted by Gasteiger charge is 2.30. The summed E-state index contributed by atoms with van der Waals surface area (Å²) in [7, 11) is 0. The van der Waals surface area contributed by atoms with E-state index in [0.717, 1.165) is 43.8 Å². The molecule has 0 aromatic heterocycles. The van der Waals surface area contributed by atoms with Gasteiger partial charge in [-0.2, -0.15) is 13.2 Å². The fourth-order valence-corrected chi connectivity index (χ4v) is 3.14. The average molecular weight is 362 g/mol. The summed E-state index contributed by atoms with van der Waals surface area (Å²) in [5.41, 5.74) is 2.03. The van der Waals surface area contributed by atoms with Crippen LogP contribution in [0.15, 0.2) is 48.5 Å². The smallest absolute Gasteiger partial charge is 0.371 e. The second kappa shape index (κ2) is 7.40. The molecule has 1 amide bonds. The van der Waals surface area contributed by atoms with E-state index in [2.05, 4.69) is 34.5 Å². The normalized spacial score (nSPS) is 15.8. The van der Waals surface area contributed by atoms with E-state index in [1.54, 1.807) is 0 Å². The summed E-state index contributed by atoms with van der Waals surface area (Å²) in [4.78, 5) is 14.6. The highest BCUT2D eigenvalue weighted by atomic mass is 19.4. The molecule has 0 bridgehead atoms. The molecule has 0 aliphatic carbocycles. The maximum absolute atomic E-state index is 12.6. The number of carbonyl (C=O) groups is 1. The minimum atomic E-state index is -4.37. The number of aryl methyl sites for hydroxylation is 1. The van der Waals surface area contributed by atoms with Gasteiger partial charge in [0.15, 0.2) is 0 Å². The first kappa shape index (κ1) is 18.3. The van der Waals surface area contributed by atoms with E-state index in [9.17, 15) is 18.0 Å². The predicted molar refractivity (Wildman–Crippen MR) is 96.2 cm³/mol. The predicted octanol–water partition coefficient (Wildman–Crippen LogP) is 4.87. The monoisotopic (exact) mass is 362 g/mol. The van der Waals surface area contributed by atoms with Crippen LogP contribution in [0.1, 0.15) is 24.0 Å². The minimum Gasteiger partial charge on any atom is -0.371 e. The summed E-state index contributed by atoms with van der Waals surface area (Å²) in [5, 5.41) is 2.73. The average Bonchev–Trinajstić information content (AvgIpc) is 2.62. The highest BCUT2D eigenvalue weighted by Crippen LogP contribution is 2.30. The fourth-order valence-electron chi connectivity index (χ4n) is 3.14. The second-order valence-corrected chi connectivity index (χ2v) is 6.66. The van der Waals surface area contributed by atoms with Crippen LogP contribution in [-0.4, -0.2) is 19.0 Å². The molecule has 2 aromatic rings. The van der Waals surface area contributed by atoms with Crippen LogP contribution in [0, 0.1) is 12.8 Å². The molecule has 0 saturated carbocycles. The van der Waals surface area contributed by atoms with E-state index >= 15 is 0 Å². The third-order valence-corrected chi connectivity index (χ3v) is 4.74. The fraction of sp³-hybridized carbons (Fsp3) is 0.350. The summed E-state index contributed by atoms with van der Waals surface area (Å²) in [6.07, 6.45) is -2.92. The molecule has 1 N–H and O–H groups in total. The van der Waals surface area contributed by atoms with Gasteiger partial charge in [0.1, 0.15) is 0 Å². The maximum Gasteiger partial charge on any atom is 0.416 e. The van der Waals surface area contributed by atoms with Gasteiger partial charge in [-0.05, 0) is 56.2 Å². The molecular formula is C20H21F3N2O. The van der Waals surface area contributed by atoms with E-state index in [4.69, 9.17) is 0 Å². The molecule has 2 aromatic carbocycles. The van der Waals surface area contributed by atoms with Gasteiger partial charge in [0.25, 0.3) is 0 Å². The zero-order valence-electron chi connectivity index (χ0n) is 14.5. The van der Waals surface area contributed by atoms with Gasteiger partial charge in [0, 0.05) is 30.4 Å². The largest absolute Gasteiger partial charge is 0.416 e. The van der Waals surface area contributed by atoms with E-state index in [1.807, 2.05) is 6.92 Å². The Morgan fingerprint density at radius 1 is 1.00 bits per heavy atom. The number of nitrogens with zero attached hydrogens (tertiary/aromatic N) is 1. The number of hydrogen-bond acceptors (Lipinski definition) is 2. The number of piperidine rings is 1. The zero-order valence-corrected chi connectivity index (χ0v) is 14.5. The topological polar surface area (TPSA) is 32.3 Å². The van der Waals surface area contributed by atoms with Crippen LogP contribution in [-0.2, 0) is 11.0 Å². The maximum atomic E-state index is 12.6. The summed E-state index contributed by atoms with van der Waals surface area (Å²) in [6, 6.07) is 12.9. The number of anilines is 2. The molecule has 138 valence electrons. The van der Waals surface area contributed by atoms with Crippen molar-refractivity contribution in [2.75, 3.05) is 23.3 Å². The van der Waals surface area contributed by atoms with Gasteiger partial charge < -0.3 is 10.2 Å². The summed E-state index contributed by atoms with van der Waals surface area (Å²) >= 11 is 0. The molecular weight excluding hydrogens is 341 g/mol. The molecule has 1 heterocycles. The van der Waals surface area contributed by atoms with Crippen LogP contribution in [0.3, 0.4) is 0 Å². The molecule has 0 atom stereocenters. The minimum absolute atomic E-state index is 0.126. The first-order chi connectivity index (χ1) is 12.3.